The van der Waals surface area contributed by atoms with Crippen molar-refractivity contribution in [2.45, 2.75) is 0 Å². The number of nitrogens with zero attached hydrogens (tertiary/aromatic N) is 1. The SMILES string of the molecule is COC(=O)c1ccccc1NC(=O)c1ccc([N+](=O)[O-])[nH]1. The minimum atomic E-state index is -0.640. The molecule has 0 unspecified atom stereocenters. The molecule has 0 saturated carbocycles. The predicted octanol–water partition coefficient (Wildman–Crippen LogP) is 1.96. The molecule has 8 nitrogen and oxygen atoms in total. The van der Waals surface area contributed by atoms with Gasteiger partial charge in [0.2, 0.25) is 0 Å². The molecule has 2 N–H and O–H groups in total. The highest BCUT2D eigenvalue weighted by atomic mass is 16.6. The summed E-state index contributed by atoms with van der Waals surface area (Å²) in [5.74, 6) is -1.48. The van der Waals surface area contributed by atoms with Crippen LogP contribution in [-0.2, 0) is 4.74 Å². The summed E-state index contributed by atoms with van der Waals surface area (Å²) in [6.45, 7) is 0. The first-order valence-electron chi connectivity index (χ1n) is 5.85. The molecule has 0 bridgehead atoms. The van der Waals surface area contributed by atoms with Gasteiger partial charge in [0.25, 0.3) is 5.91 Å². The van der Waals surface area contributed by atoms with Gasteiger partial charge >= 0.3 is 11.8 Å². The lowest BCUT2D eigenvalue weighted by molar-refractivity contribution is -0.389. The van der Waals surface area contributed by atoms with Crippen molar-refractivity contribution in [1.29, 1.82) is 0 Å². The molecule has 1 aromatic carbocycles. The highest BCUT2D eigenvalue weighted by molar-refractivity contribution is 6.07. The van der Waals surface area contributed by atoms with Crippen LogP contribution in [0.25, 0.3) is 0 Å². The van der Waals surface area contributed by atoms with E-state index in [9.17, 15) is 19.7 Å². The Morgan fingerprint density at radius 3 is 2.57 bits per heavy atom. The standard InChI is InChI=1S/C13H11N3O5/c1-21-13(18)8-4-2-3-5-9(8)15-12(17)10-6-7-11(14-10)16(19)20/h2-7,14H,1H3,(H,15,17). The van der Waals surface area contributed by atoms with Crippen LogP contribution < -0.4 is 5.32 Å². The number of H-pyrrole nitrogens is 1. The summed E-state index contributed by atoms with van der Waals surface area (Å²) in [7, 11) is 1.23. The van der Waals surface area contributed by atoms with Crippen LogP contribution in [0.2, 0.25) is 0 Å². The minimum Gasteiger partial charge on any atom is -0.465 e. The largest absolute Gasteiger partial charge is 0.465 e. The Kier molecular flexibility index (Phi) is 3.98. The number of ether oxygens (including phenoxy) is 1. The van der Waals surface area contributed by atoms with E-state index in [1.54, 1.807) is 12.1 Å². The van der Waals surface area contributed by atoms with E-state index in [1.165, 1.54) is 31.4 Å². The Labute approximate surface area is 118 Å². The van der Waals surface area contributed by atoms with Gasteiger partial charge in [-0.15, -0.1) is 0 Å². The summed E-state index contributed by atoms with van der Waals surface area (Å²) in [6, 6.07) is 8.76. The number of para-hydroxylation sites is 1. The van der Waals surface area contributed by atoms with Crippen molar-refractivity contribution >= 4 is 23.4 Å². The smallest absolute Gasteiger partial charge is 0.339 e. The topological polar surface area (TPSA) is 114 Å². The number of amides is 1. The first-order chi connectivity index (χ1) is 10.0. The number of carbonyl (C=O) groups is 2. The third-order valence-corrected chi connectivity index (χ3v) is 2.69. The van der Waals surface area contributed by atoms with Gasteiger partial charge < -0.3 is 20.2 Å². The summed E-state index contributed by atoms with van der Waals surface area (Å²) < 4.78 is 4.61. The Morgan fingerprint density at radius 1 is 1.24 bits per heavy atom. The third kappa shape index (κ3) is 3.06. The Bertz CT molecular complexity index is 707. The maximum atomic E-state index is 12.0. The summed E-state index contributed by atoms with van der Waals surface area (Å²) in [6.07, 6.45) is 0. The first kappa shape index (κ1) is 14.3. The van der Waals surface area contributed by atoms with E-state index in [0.717, 1.165) is 0 Å². The number of nitrogens with one attached hydrogen (secondary N) is 2. The predicted molar refractivity (Wildman–Crippen MR) is 73.2 cm³/mol. The second-order valence-corrected chi connectivity index (χ2v) is 4.01. The zero-order valence-corrected chi connectivity index (χ0v) is 11.0. The van der Waals surface area contributed by atoms with Crippen LogP contribution in [0.1, 0.15) is 20.8 Å². The number of nitro groups is 1. The van der Waals surface area contributed by atoms with Crippen LogP contribution in [0.15, 0.2) is 36.4 Å². The van der Waals surface area contributed by atoms with Crippen LogP contribution in [0.3, 0.4) is 0 Å². The van der Waals surface area contributed by atoms with Gasteiger partial charge in [-0.25, -0.2) is 9.78 Å². The third-order valence-electron chi connectivity index (χ3n) is 2.69. The number of hydrogen-bond donors (Lipinski definition) is 2. The molecule has 2 aromatic rings. The number of carbonyl (C=O) groups excluding carboxylic acids is 2. The quantitative estimate of drug-likeness (QED) is 0.507. The molecular formula is C13H11N3O5. The average Bonchev–Trinajstić information content (AvgIpc) is 2.97. The van der Waals surface area contributed by atoms with E-state index in [4.69, 9.17) is 0 Å². The van der Waals surface area contributed by atoms with Crippen molar-refractivity contribution in [3.63, 3.8) is 0 Å². The van der Waals surface area contributed by atoms with Crippen LogP contribution in [-0.4, -0.2) is 28.9 Å². The Hall–Kier alpha value is -3.16. The van der Waals surface area contributed by atoms with E-state index < -0.39 is 16.8 Å². The maximum Gasteiger partial charge on any atom is 0.339 e. The van der Waals surface area contributed by atoms with Gasteiger partial charge in [-0.05, 0) is 23.1 Å². The maximum absolute atomic E-state index is 12.0. The average molecular weight is 289 g/mol. The molecule has 8 heteroatoms. The molecule has 0 aliphatic heterocycles. The zero-order chi connectivity index (χ0) is 15.4. The molecule has 108 valence electrons. The minimum absolute atomic E-state index is 0.0152. The molecule has 0 radical (unpaired) electrons. The molecular weight excluding hydrogens is 278 g/mol. The van der Waals surface area contributed by atoms with Crippen molar-refractivity contribution in [2.24, 2.45) is 0 Å². The van der Waals surface area contributed by atoms with Gasteiger partial charge in [-0.3, -0.25) is 4.79 Å². The Morgan fingerprint density at radius 2 is 1.95 bits per heavy atom. The lowest BCUT2D eigenvalue weighted by Gasteiger charge is -2.07. The van der Waals surface area contributed by atoms with Crippen molar-refractivity contribution in [3.05, 3.63) is 57.8 Å². The number of esters is 1. The van der Waals surface area contributed by atoms with Crippen LogP contribution in [0, 0.1) is 10.1 Å². The number of anilines is 1. The normalized spacial score (nSPS) is 9.95. The lowest BCUT2D eigenvalue weighted by atomic mass is 10.1. The van der Waals surface area contributed by atoms with Gasteiger partial charge in [0, 0.05) is 6.07 Å². The molecule has 1 heterocycles. The molecule has 1 aromatic heterocycles. The van der Waals surface area contributed by atoms with Crippen LogP contribution >= 0.6 is 0 Å². The number of methoxy groups -OCH3 is 1. The van der Waals surface area contributed by atoms with Crippen molar-refractivity contribution in [1.82, 2.24) is 4.98 Å². The lowest BCUT2D eigenvalue weighted by Crippen LogP contribution is -2.15. The summed E-state index contributed by atoms with van der Waals surface area (Å²) in [5, 5.41) is 13.1. The fourth-order valence-corrected chi connectivity index (χ4v) is 1.69. The number of benzene rings is 1. The molecule has 0 atom stereocenters. The van der Waals surface area contributed by atoms with Gasteiger partial charge in [0.15, 0.2) is 5.69 Å². The van der Waals surface area contributed by atoms with Crippen LogP contribution in [0.4, 0.5) is 11.5 Å². The molecule has 0 aliphatic rings. The van der Waals surface area contributed by atoms with E-state index in [1.807, 2.05) is 0 Å². The van der Waals surface area contributed by atoms with Crippen molar-refractivity contribution in [2.75, 3.05) is 12.4 Å². The number of aromatic nitrogens is 1. The van der Waals surface area contributed by atoms with Gasteiger partial charge in [-0.1, -0.05) is 12.1 Å². The van der Waals surface area contributed by atoms with Gasteiger partial charge in [-0.2, -0.15) is 0 Å². The summed E-state index contributed by atoms with van der Waals surface area (Å²) in [5.41, 5.74) is 0.461. The van der Waals surface area contributed by atoms with E-state index in [2.05, 4.69) is 15.0 Å². The van der Waals surface area contributed by atoms with E-state index >= 15 is 0 Å². The first-order valence-corrected chi connectivity index (χ1v) is 5.85. The number of aromatic amines is 1. The van der Waals surface area contributed by atoms with E-state index in [-0.39, 0.29) is 22.8 Å². The fourth-order valence-electron chi connectivity index (χ4n) is 1.69. The van der Waals surface area contributed by atoms with Gasteiger partial charge in [0.1, 0.15) is 0 Å². The summed E-state index contributed by atoms with van der Waals surface area (Å²) >= 11 is 0. The molecule has 0 aliphatic carbocycles. The molecule has 0 saturated heterocycles. The van der Waals surface area contributed by atoms with E-state index in [0.29, 0.717) is 0 Å². The molecule has 0 fully saturated rings. The highest BCUT2D eigenvalue weighted by Crippen LogP contribution is 2.18. The number of rotatable bonds is 4. The zero-order valence-electron chi connectivity index (χ0n) is 11.0. The molecule has 21 heavy (non-hydrogen) atoms. The molecule has 0 spiro atoms. The van der Waals surface area contributed by atoms with Crippen molar-refractivity contribution < 1.29 is 19.2 Å². The molecule has 1 amide bonds. The Balaban J connectivity index is 2.23. The van der Waals surface area contributed by atoms with Gasteiger partial charge in [0.05, 0.1) is 18.4 Å². The number of hydrogen-bond acceptors (Lipinski definition) is 5. The fraction of sp³-hybridized carbons (Fsp3) is 0.0769. The summed E-state index contributed by atoms with van der Waals surface area (Å²) in [4.78, 5) is 35.9. The monoisotopic (exact) mass is 289 g/mol. The second kappa shape index (κ2) is 5.87. The van der Waals surface area contributed by atoms with Crippen molar-refractivity contribution in [3.8, 4) is 0 Å². The highest BCUT2D eigenvalue weighted by Gasteiger charge is 2.18. The van der Waals surface area contributed by atoms with Crippen LogP contribution in [0.5, 0.6) is 0 Å². The second-order valence-electron chi connectivity index (χ2n) is 4.01. The molecule has 2 rings (SSSR count).